The summed E-state index contributed by atoms with van der Waals surface area (Å²) in [7, 11) is 1.19. The normalized spacial score (nSPS) is 14.4. The highest BCUT2D eigenvalue weighted by Gasteiger charge is 2.34. The fourth-order valence-corrected chi connectivity index (χ4v) is 1.82. The number of ether oxygens (including phenoxy) is 1. The summed E-state index contributed by atoms with van der Waals surface area (Å²) in [5.41, 5.74) is 4.35. The molecule has 0 fully saturated rings. The van der Waals surface area contributed by atoms with Crippen molar-refractivity contribution in [2.75, 3.05) is 7.11 Å². The Bertz CT molecular complexity index is 435. The summed E-state index contributed by atoms with van der Waals surface area (Å²) in [6.07, 6.45) is 0. The number of hydrogen-bond acceptors (Lipinski definition) is 3. The molecule has 6 heteroatoms. The maximum absolute atomic E-state index is 13.3. The molecule has 88 valence electrons. The monoisotopic (exact) mass is 265 g/mol. The van der Waals surface area contributed by atoms with Gasteiger partial charge >= 0.3 is 5.97 Å². The minimum atomic E-state index is -1.52. The third-order valence-corrected chi connectivity index (χ3v) is 2.78. The van der Waals surface area contributed by atoms with Crippen molar-refractivity contribution in [1.82, 2.24) is 0 Å². The van der Waals surface area contributed by atoms with Crippen molar-refractivity contribution in [1.29, 1.82) is 0 Å². The van der Waals surface area contributed by atoms with E-state index in [0.717, 1.165) is 6.07 Å². The molecule has 0 radical (unpaired) electrons. The molecule has 0 saturated carbocycles. The smallest absolute Gasteiger partial charge is 0.330 e. The van der Waals surface area contributed by atoms with Crippen molar-refractivity contribution in [2.24, 2.45) is 5.73 Å². The summed E-state index contributed by atoms with van der Waals surface area (Å²) >= 11 is 11.4. The van der Waals surface area contributed by atoms with Gasteiger partial charge in [0.05, 0.1) is 12.1 Å². The number of esters is 1. The Kier molecular flexibility index (Phi) is 3.78. The molecule has 1 rings (SSSR count). The molecular weight excluding hydrogens is 256 g/mol. The van der Waals surface area contributed by atoms with E-state index in [4.69, 9.17) is 28.9 Å². The second-order valence-electron chi connectivity index (χ2n) is 3.44. The zero-order chi connectivity index (χ0) is 12.5. The van der Waals surface area contributed by atoms with E-state index in [9.17, 15) is 9.18 Å². The molecule has 0 heterocycles. The fourth-order valence-electron chi connectivity index (χ4n) is 1.24. The largest absolute Gasteiger partial charge is 0.467 e. The maximum atomic E-state index is 13.3. The Balaban J connectivity index is 3.33. The second-order valence-corrected chi connectivity index (χ2v) is 4.25. The van der Waals surface area contributed by atoms with Crippen molar-refractivity contribution in [3.05, 3.63) is 33.6 Å². The van der Waals surface area contributed by atoms with E-state index in [1.54, 1.807) is 0 Å². The van der Waals surface area contributed by atoms with Crippen LogP contribution in [0.1, 0.15) is 12.5 Å². The highest BCUT2D eigenvalue weighted by atomic mass is 35.5. The predicted molar refractivity (Wildman–Crippen MR) is 60.0 cm³/mol. The molecule has 0 aliphatic carbocycles. The lowest BCUT2D eigenvalue weighted by Gasteiger charge is -2.23. The zero-order valence-electron chi connectivity index (χ0n) is 8.68. The van der Waals surface area contributed by atoms with Crippen LogP contribution in [0, 0.1) is 5.82 Å². The van der Waals surface area contributed by atoms with Crippen LogP contribution in [0.3, 0.4) is 0 Å². The quantitative estimate of drug-likeness (QED) is 0.660. The Morgan fingerprint density at radius 2 is 2.00 bits per heavy atom. The maximum Gasteiger partial charge on any atom is 0.330 e. The van der Waals surface area contributed by atoms with Gasteiger partial charge in [-0.25, -0.2) is 9.18 Å². The lowest BCUT2D eigenvalue weighted by molar-refractivity contribution is -0.146. The lowest BCUT2D eigenvalue weighted by atomic mass is 9.93. The molecule has 0 amide bonds. The first-order chi connectivity index (χ1) is 7.30. The van der Waals surface area contributed by atoms with Gasteiger partial charge in [-0.3, -0.25) is 0 Å². The van der Waals surface area contributed by atoms with Crippen LogP contribution in [-0.4, -0.2) is 13.1 Å². The number of nitrogens with two attached hydrogens (primary N) is 1. The number of rotatable bonds is 2. The molecule has 0 aliphatic heterocycles. The molecular formula is C10H10Cl2FNO2. The van der Waals surface area contributed by atoms with Gasteiger partial charge in [0.2, 0.25) is 0 Å². The first kappa shape index (κ1) is 13.2. The molecule has 1 aromatic carbocycles. The number of benzene rings is 1. The van der Waals surface area contributed by atoms with Crippen molar-refractivity contribution in [3.63, 3.8) is 0 Å². The standard InChI is InChI=1S/C10H10Cl2FNO2/c1-10(14,9(15)16-2)5-3-8(13)7(12)4-6(5)11/h3-4H,14H2,1-2H3. The van der Waals surface area contributed by atoms with E-state index in [2.05, 4.69) is 4.74 Å². The van der Waals surface area contributed by atoms with E-state index in [1.165, 1.54) is 20.1 Å². The third-order valence-electron chi connectivity index (χ3n) is 2.18. The minimum Gasteiger partial charge on any atom is -0.467 e. The number of carbonyl (C=O) groups excluding carboxylic acids is 1. The van der Waals surface area contributed by atoms with Crippen LogP contribution in [0.2, 0.25) is 10.0 Å². The Morgan fingerprint density at radius 3 is 2.50 bits per heavy atom. The summed E-state index contributed by atoms with van der Waals surface area (Å²) in [6.45, 7) is 1.38. The van der Waals surface area contributed by atoms with Gasteiger partial charge in [0.15, 0.2) is 0 Å². The number of halogens is 3. The van der Waals surface area contributed by atoms with Gasteiger partial charge in [-0.2, -0.15) is 0 Å². The van der Waals surface area contributed by atoms with E-state index in [0.29, 0.717) is 0 Å². The van der Waals surface area contributed by atoms with E-state index in [-0.39, 0.29) is 15.6 Å². The molecule has 3 nitrogen and oxygen atoms in total. The molecule has 0 spiro atoms. The fraction of sp³-hybridized carbons (Fsp3) is 0.300. The van der Waals surface area contributed by atoms with Crippen LogP contribution in [0.25, 0.3) is 0 Å². The van der Waals surface area contributed by atoms with E-state index < -0.39 is 17.3 Å². The topological polar surface area (TPSA) is 52.3 Å². The zero-order valence-corrected chi connectivity index (χ0v) is 10.2. The average Bonchev–Trinajstić information content (AvgIpc) is 2.21. The lowest BCUT2D eigenvalue weighted by Crippen LogP contribution is -2.43. The van der Waals surface area contributed by atoms with Crippen molar-refractivity contribution in [3.8, 4) is 0 Å². The molecule has 0 saturated heterocycles. The summed E-state index contributed by atoms with van der Waals surface area (Å²) in [6, 6.07) is 2.23. The van der Waals surface area contributed by atoms with Crippen LogP contribution in [0.5, 0.6) is 0 Å². The average molecular weight is 266 g/mol. The Hall–Kier alpha value is -0.840. The summed E-state index contributed by atoms with van der Waals surface area (Å²) < 4.78 is 17.8. The first-order valence-electron chi connectivity index (χ1n) is 4.33. The predicted octanol–water partition coefficient (Wildman–Crippen LogP) is 2.48. The number of carbonyl (C=O) groups is 1. The van der Waals surface area contributed by atoms with Gasteiger partial charge in [-0.15, -0.1) is 0 Å². The highest BCUT2D eigenvalue weighted by molar-refractivity contribution is 6.35. The SMILES string of the molecule is COC(=O)C(C)(N)c1cc(F)c(Cl)cc1Cl. The van der Waals surface area contributed by atoms with Gasteiger partial charge < -0.3 is 10.5 Å². The summed E-state index contributed by atoms with van der Waals surface area (Å²) in [5, 5.41) is -0.0174. The highest BCUT2D eigenvalue weighted by Crippen LogP contribution is 2.31. The Labute approximate surface area is 102 Å². The van der Waals surface area contributed by atoms with Crippen LogP contribution in [0.4, 0.5) is 4.39 Å². The van der Waals surface area contributed by atoms with E-state index in [1.807, 2.05) is 0 Å². The van der Waals surface area contributed by atoms with E-state index >= 15 is 0 Å². The van der Waals surface area contributed by atoms with Crippen LogP contribution < -0.4 is 5.73 Å². The molecule has 0 bridgehead atoms. The molecule has 2 N–H and O–H groups in total. The van der Waals surface area contributed by atoms with Crippen LogP contribution >= 0.6 is 23.2 Å². The Morgan fingerprint density at radius 1 is 1.44 bits per heavy atom. The van der Waals surface area contributed by atoms with Gasteiger partial charge in [-0.1, -0.05) is 23.2 Å². The summed E-state index contributed by atoms with van der Waals surface area (Å²) in [5.74, 6) is -1.40. The van der Waals surface area contributed by atoms with Crippen LogP contribution in [-0.2, 0) is 15.1 Å². The number of methoxy groups -OCH3 is 1. The van der Waals surface area contributed by atoms with Gasteiger partial charge in [0, 0.05) is 10.6 Å². The van der Waals surface area contributed by atoms with Crippen molar-refractivity contribution in [2.45, 2.75) is 12.5 Å². The molecule has 0 aliphatic rings. The summed E-state index contributed by atoms with van der Waals surface area (Å²) in [4.78, 5) is 11.4. The first-order valence-corrected chi connectivity index (χ1v) is 5.08. The number of hydrogen-bond donors (Lipinski definition) is 1. The van der Waals surface area contributed by atoms with Crippen molar-refractivity contribution >= 4 is 29.2 Å². The molecule has 16 heavy (non-hydrogen) atoms. The molecule has 1 atom stereocenters. The second kappa shape index (κ2) is 4.57. The van der Waals surface area contributed by atoms with Gasteiger partial charge in [0.1, 0.15) is 11.4 Å². The molecule has 0 aromatic heterocycles. The van der Waals surface area contributed by atoms with Crippen LogP contribution in [0.15, 0.2) is 12.1 Å². The molecule has 1 aromatic rings. The third kappa shape index (κ3) is 2.29. The van der Waals surface area contributed by atoms with Gasteiger partial charge in [0.25, 0.3) is 0 Å². The van der Waals surface area contributed by atoms with Gasteiger partial charge in [-0.05, 0) is 19.1 Å². The minimum absolute atomic E-state index is 0.113. The van der Waals surface area contributed by atoms with Crippen molar-refractivity contribution < 1.29 is 13.9 Å². The molecule has 1 unspecified atom stereocenters.